The van der Waals surface area contributed by atoms with Gasteiger partial charge in [0.2, 0.25) is 11.8 Å². The molecule has 3 aliphatic heterocycles. The van der Waals surface area contributed by atoms with Gasteiger partial charge in [0.05, 0.1) is 37.2 Å². The van der Waals surface area contributed by atoms with Crippen molar-refractivity contribution in [1.29, 1.82) is 0 Å². The highest BCUT2D eigenvalue weighted by atomic mass is 16.6. The first kappa shape index (κ1) is 26.4. The maximum absolute atomic E-state index is 14.4. The monoisotopic (exact) mass is 498 g/mol. The van der Waals surface area contributed by atoms with Crippen LogP contribution in [0.5, 0.6) is 0 Å². The first-order chi connectivity index (χ1) is 17.3. The Morgan fingerprint density at radius 2 is 2.06 bits per heavy atom. The Balaban J connectivity index is 1.78. The second kappa shape index (κ2) is 10.7. The molecule has 0 radical (unpaired) electrons. The summed E-state index contributed by atoms with van der Waals surface area (Å²) >= 11 is 0. The molecule has 1 aromatic rings. The highest BCUT2D eigenvalue weighted by Gasteiger charge is 2.75. The van der Waals surface area contributed by atoms with Gasteiger partial charge in [-0.05, 0) is 31.2 Å². The van der Waals surface area contributed by atoms with Gasteiger partial charge in [0, 0.05) is 13.1 Å². The summed E-state index contributed by atoms with van der Waals surface area (Å²) in [6, 6.07) is 8.16. The van der Waals surface area contributed by atoms with E-state index in [9.17, 15) is 19.5 Å². The van der Waals surface area contributed by atoms with Gasteiger partial charge in [0.15, 0.2) is 0 Å². The molecule has 2 unspecified atom stereocenters. The molecule has 0 aromatic heterocycles. The molecule has 0 aliphatic carbocycles. The van der Waals surface area contributed by atoms with Crippen molar-refractivity contribution < 1.29 is 29.0 Å². The molecule has 3 fully saturated rings. The molecule has 1 N–H and O–H groups in total. The van der Waals surface area contributed by atoms with Gasteiger partial charge in [-0.3, -0.25) is 14.4 Å². The number of aliphatic hydroxyl groups excluding tert-OH is 1. The predicted molar refractivity (Wildman–Crippen MR) is 133 cm³/mol. The molecule has 1 aromatic carbocycles. The third kappa shape index (κ3) is 4.24. The number of hydrogen-bond donors (Lipinski definition) is 1. The minimum Gasteiger partial charge on any atom is -0.466 e. The first-order valence-corrected chi connectivity index (χ1v) is 13.1. The van der Waals surface area contributed by atoms with Crippen LogP contribution in [0.15, 0.2) is 43.0 Å². The lowest BCUT2D eigenvalue weighted by molar-refractivity contribution is -0.157. The van der Waals surface area contributed by atoms with E-state index in [4.69, 9.17) is 9.47 Å². The number of carbonyl (C=O) groups excluding carboxylic acids is 3. The minimum absolute atomic E-state index is 0.0512. The number of aliphatic hydroxyl groups is 1. The van der Waals surface area contributed by atoms with E-state index in [-0.39, 0.29) is 30.9 Å². The van der Waals surface area contributed by atoms with E-state index in [1.807, 2.05) is 44.2 Å². The smallest absolute Gasteiger partial charge is 0.312 e. The molecule has 4 rings (SSSR count). The Hall–Kier alpha value is -2.71. The van der Waals surface area contributed by atoms with Crippen molar-refractivity contribution in [2.75, 3.05) is 19.8 Å². The fraction of sp³-hybridized carbons (Fsp3) is 0.607. The second-order valence-electron chi connectivity index (χ2n) is 10.2. The zero-order valence-electron chi connectivity index (χ0n) is 21.5. The molecule has 7 atom stereocenters. The van der Waals surface area contributed by atoms with Gasteiger partial charge in [-0.25, -0.2) is 0 Å². The van der Waals surface area contributed by atoms with Crippen molar-refractivity contribution in [3.63, 3.8) is 0 Å². The molecule has 36 heavy (non-hydrogen) atoms. The van der Waals surface area contributed by atoms with Crippen LogP contribution in [-0.2, 0) is 30.4 Å². The van der Waals surface area contributed by atoms with Gasteiger partial charge in [-0.2, -0.15) is 0 Å². The van der Waals surface area contributed by atoms with E-state index < -0.39 is 41.6 Å². The molecular formula is C28H38N2O6. The van der Waals surface area contributed by atoms with Crippen molar-refractivity contribution >= 4 is 17.8 Å². The quantitative estimate of drug-likeness (QED) is 0.372. The topological polar surface area (TPSA) is 96.4 Å². The third-order valence-corrected chi connectivity index (χ3v) is 8.25. The maximum Gasteiger partial charge on any atom is 0.312 e. The van der Waals surface area contributed by atoms with E-state index in [1.165, 1.54) is 0 Å². The average Bonchev–Trinajstić information content (AvgIpc) is 3.52. The predicted octanol–water partition coefficient (Wildman–Crippen LogP) is 2.55. The Labute approximate surface area is 213 Å². The van der Waals surface area contributed by atoms with Gasteiger partial charge in [-0.1, -0.05) is 56.7 Å². The SMILES string of the molecule is C=CCN(Cc1ccccc1)C(=O)C1N([C@@H](CO)[C@@H](C)CC)C(=O)[C@@H]2[C@@H](C(=O)OCC)[C@H]3CCC12O3. The van der Waals surface area contributed by atoms with Gasteiger partial charge in [-0.15, -0.1) is 6.58 Å². The summed E-state index contributed by atoms with van der Waals surface area (Å²) in [5, 5.41) is 10.4. The fourth-order valence-corrected chi connectivity index (χ4v) is 6.41. The summed E-state index contributed by atoms with van der Waals surface area (Å²) in [5.41, 5.74) is -0.160. The average molecular weight is 499 g/mol. The highest BCUT2D eigenvalue weighted by molar-refractivity contribution is 5.98. The molecule has 196 valence electrons. The number of ether oxygens (including phenoxy) is 2. The highest BCUT2D eigenvalue weighted by Crippen LogP contribution is 2.59. The van der Waals surface area contributed by atoms with Crippen LogP contribution in [-0.4, -0.2) is 76.2 Å². The number of amides is 2. The van der Waals surface area contributed by atoms with Crippen molar-refractivity contribution in [1.82, 2.24) is 9.80 Å². The van der Waals surface area contributed by atoms with Crippen LogP contribution in [0.25, 0.3) is 0 Å². The van der Waals surface area contributed by atoms with Gasteiger partial charge in [0.25, 0.3) is 0 Å². The van der Waals surface area contributed by atoms with Crippen LogP contribution < -0.4 is 0 Å². The number of nitrogens with zero attached hydrogens (tertiary/aromatic N) is 2. The summed E-state index contributed by atoms with van der Waals surface area (Å²) in [6.07, 6.45) is 3.03. The van der Waals surface area contributed by atoms with E-state index in [1.54, 1.807) is 22.8 Å². The number of esters is 1. The molecule has 3 aliphatic rings. The summed E-state index contributed by atoms with van der Waals surface area (Å²) in [7, 11) is 0. The number of carbonyl (C=O) groups is 3. The fourth-order valence-electron chi connectivity index (χ4n) is 6.41. The summed E-state index contributed by atoms with van der Waals surface area (Å²) in [4.78, 5) is 44.7. The molecule has 2 amide bonds. The van der Waals surface area contributed by atoms with Crippen molar-refractivity contribution in [3.8, 4) is 0 Å². The van der Waals surface area contributed by atoms with Gasteiger partial charge < -0.3 is 24.4 Å². The van der Waals surface area contributed by atoms with Crippen molar-refractivity contribution in [3.05, 3.63) is 48.6 Å². The lowest BCUT2D eigenvalue weighted by Gasteiger charge is -2.41. The Bertz CT molecular complexity index is 984. The molecular weight excluding hydrogens is 460 g/mol. The number of fused-ring (bicyclic) bond motifs is 1. The normalized spacial score (nSPS) is 30.1. The number of likely N-dealkylation sites (tertiary alicyclic amines) is 1. The van der Waals surface area contributed by atoms with Crippen molar-refractivity contribution in [2.24, 2.45) is 17.8 Å². The summed E-state index contributed by atoms with van der Waals surface area (Å²) in [5.74, 6) is -2.60. The standard InChI is InChI=1S/C28H38N2O6/c1-5-15-29(16-19-11-9-8-10-12-19)26(33)24-28-14-13-21(36-28)22(27(34)35-7-3)23(28)25(32)30(24)20(17-31)18(4)6-2/h5,8-12,18,20-24,31H,1,6-7,13-17H2,2-4H3/t18-,20-,21+,22-,23-,24?,28?/m0/s1. The van der Waals surface area contributed by atoms with Crippen LogP contribution in [0.3, 0.4) is 0 Å². The Morgan fingerprint density at radius 1 is 1.33 bits per heavy atom. The lowest BCUT2D eigenvalue weighted by Crippen LogP contribution is -2.59. The third-order valence-electron chi connectivity index (χ3n) is 8.25. The van der Waals surface area contributed by atoms with Crippen LogP contribution in [0.1, 0.15) is 45.6 Å². The zero-order valence-corrected chi connectivity index (χ0v) is 21.5. The van der Waals surface area contributed by atoms with E-state index >= 15 is 0 Å². The lowest BCUT2D eigenvalue weighted by atomic mass is 9.70. The second-order valence-corrected chi connectivity index (χ2v) is 10.2. The van der Waals surface area contributed by atoms with Crippen molar-refractivity contribution in [2.45, 2.75) is 70.4 Å². The molecule has 3 saturated heterocycles. The van der Waals surface area contributed by atoms with Crippen LogP contribution in [0, 0.1) is 17.8 Å². The molecule has 3 heterocycles. The number of rotatable bonds is 11. The molecule has 2 bridgehead atoms. The van der Waals surface area contributed by atoms with Crippen LogP contribution in [0.4, 0.5) is 0 Å². The number of hydrogen-bond acceptors (Lipinski definition) is 6. The Morgan fingerprint density at radius 3 is 2.67 bits per heavy atom. The summed E-state index contributed by atoms with van der Waals surface area (Å²) in [6.45, 7) is 10.1. The zero-order chi connectivity index (χ0) is 26.0. The molecule has 0 saturated carbocycles. The van der Waals surface area contributed by atoms with Gasteiger partial charge in [0.1, 0.15) is 11.6 Å². The summed E-state index contributed by atoms with van der Waals surface area (Å²) < 4.78 is 11.8. The number of benzene rings is 1. The van der Waals surface area contributed by atoms with E-state index in [2.05, 4.69) is 6.58 Å². The first-order valence-electron chi connectivity index (χ1n) is 13.1. The molecule has 1 spiro atoms. The van der Waals surface area contributed by atoms with Crippen LogP contribution >= 0.6 is 0 Å². The van der Waals surface area contributed by atoms with E-state index in [0.29, 0.717) is 25.9 Å². The van der Waals surface area contributed by atoms with Crippen LogP contribution in [0.2, 0.25) is 0 Å². The maximum atomic E-state index is 14.4. The van der Waals surface area contributed by atoms with Gasteiger partial charge >= 0.3 is 5.97 Å². The Kier molecular flexibility index (Phi) is 7.85. The van der Waals surface area contributed by atoms with E-state index in [0.717, 1.165) is 12.0 Å². The minimum atomic E-state index is -1.12. The largest absolute Gasteiger partial charge is 0.466 e. The molecule has 8 nitrogen and oxygen atoms in total. The molecule has 8 heteroatoms.